The molecule has 4 aromatic carbocycles. The van der Waals surface area contributed by atoms with Crippen molar-refractivity contribution in [1.82, 2.24) is 0 Å². The maximum absolute atomic E-state index is 6.23. The average Bonchev–Trinajstić information content (AvgIpc) is 2.77. The van der Waals surface area contributed by atoms with Gasteiger partial charge in [0.15, 0.2) is 11.5 Å². The van der Waals surface area contributed by atoms with E-state index in [0.29, 0.717) is 13.2 Å². The molecule has 4 rings (SSSR count). The third-order valence-electron chi connectivity index (χ3n) is 4.88. The van der Waals surface area contributed by atoms with Crippen LogP contribution in [0.2, 0.25) is 0 Å². The van der Waals surface area contributed by atoms with E-state index in [4.69, 9.17) is 9.47 Å². The molecule has 0 aromatic heterocycles. The molecular formula is C25H21BrINO2. The SMILES string of the molecule is COc1cc(CNc2ccc(Br)cc2)cc(I)c1OCc1cccc2ccccc12. The number of nitrogens with one attached hydrogen (secondary N) is 1. The summed E-state index contributed by atoms with van der Waals surface area (Å²) in [5, 5.41) is 5.87. The summed E-state index contributed by atoms with van der Waals surface area (Å²) >= 11 is 5.78. The van der Waals surface area contributed by atoms with Gasteiger partial charge in [0.2, 0.25) is 0 Å². The van der Waals surface area contributed by atoms with Gasteiger partial charge in [-0.1, -0.05) is 58.4 Å². The fourth-order valence-corrected chi connectivity index (χ4v) is 4.44. The highest BCUT2D eigenvalue weighted by molar-refractivity contribution is 14.1. The van der Waals surface area contributed by atoms with Gasteiger partial charge < -0.3 is 14.8 Å². The van der Waals surface area contributed by atoms with Crippen LogP contribution in [0.3, 0.4) is 0 Å². The molecular weight excluding hydrogens is 553 g/mol. The molecule has 0 fully saturated rings. The lowest BCUT2D eigenvalue weighted by molar-refractivity contribution is 0.283. The zero-order valence-corrected chi connectivity index (χ0v) is 20.2. The Balaban J connectivity index is 1.51. The highest BCUT2D eigenvalue weighted by Crippen LogP contribution is 2.35. The zero-order valence-electron chi connectivity index (χ0n) is 16.5. The van der Waals surface area contributed by atoms with Gasteiger partial charge in [-0.3, -0.25) is 0 Å². The molecule has 0 aliphatic heterocycles. The lowest BCUT2D eigenvalue weighted by atomic mass is 10.1. The van der Waals surface area contributed by atoms with Crippen LogP contribution in [0.25, 0.3) is 10.8 Å². The number of ether oxygens (including phenoxy) is 2. The van der Waals surface area contributed by atoms with Crippen molar-refractivity contribution in [3.8, 4) is 11.5 Å². The van der Waals surface area contributed by atoms with Crippen molar-refractivity contribution in [2.45, 2.75) is 13.2 Å². The lowest BCUT2D eigenvalue weighted by Crippen LogP contribution is -2.04. The molecule has 0 unspecified atom stereocenters. The Bertz CT molecular complexity index is 1160. The van der Waals surface area contributed by atoms with E-state index in [9.17, 15) is 0 Å². The van der Waals surface area contributed by atoms with Crippen molar-refractivity contribution >= 4 is 55.0 Å². The molecule has 4 aromatic rings. The standard InChI is InChI=1S/C25H21BrINO2/c1-29-24-14-17(15-28-21-11-9-20(26)10-12-21)13-23(27)25(24)30-16-19-7-4-6-18-5-2-3-8-22(18)19/h2-14,28H,15-16H2,1H3. The minimum Gasteiger partial charge on any atom is -0.493 e. The van der Waals surface area contributed by atoms with Crippen molar-refractivity contribution in [3.05, 3.63) is 98.0 Å². The van der Waals surface area contributed by atoms with Crippen LogP contribution in [0.5, 0.6) is 11.5 Å². The number of hydrogen-bond acceptors (Lipinski definition) is 3. The van der Waals surface area contributed by atoms with Gasteiger partial charge in [0.25, 0.3) is 0 Å². The number of methoxy groups -OCH3 is 1. The Kier molecular flexibility index (Phi) is 6.79. The molecule has 152 valence electrons. The van der Waals surface area contributed by atoms with Gasteiger partial charge in [-0.15, -0.1) is 0 Å². The molecule has 0 radical (unpaired) electrons. The van der Waals surface area contributed by atoms with Crippen LogP contribution in [0.4, 0.5) is 5.69 Å². The van der Waals surface area contributed by atoms with Gasteiger partial charge >= 0.3 is 0 Å². The molecule has 0 aliphatic carbocycles. The third kappa shape index (κ3) is 4.90. The predicted molar refractivity (Wildman–Crippen MR) is 135 cm³/mol. The van der Waals surface area contributed by atoms with Crippen LogP contribution in [0.15, 0.2) is 83.3 Å². The summed E-state index contributed by atoms with van der Waals surface area (Å²) in [5.74, 6) is 1.52. The first kappa shape index (κ1) is 21.0. The smallest absolute Gasteiger partial charge is 0.174 e. The van der Waals surface area contributed by atoms with Gasteiger partial charge in [0.1, 0.15) is 6.61 Å². The Hall–Kier alpha value is -2.25. The number of rotatable bonds is 7. The van der Waals surface area contributed by atoms with Gasteiger partial charge in [-0.2, -0.15) is 0 Å². The fourth-order valence-electron chi connectivity index (χ4n) is 3.36. The largest absolute Gasteiger partial charge is 0.493 e. The van der Waals surface area contributed by atoms with E-state index in [1.807, 2.05) is 30.3 Å². The highest BCUT2D eigenvalue weighted by atomic mass is 127. The molecule has 0 bridgehead atoms. The van der Waals surface area contributed by atoms with Crippen molar-refractivity contribution in [2.24, 2.45) is 0 Å². The molecule has 0 amide bonds. The van der Waals surface area contributed by atoms with E-state index < -0.39 is 0 Å². The monoisotopic (exact) mass is 573 g/mol. The van der Waals surface area contributed by atoms with E-state index in [-0.39, 0.29) is 0 Å². The van der Waals surface area contributed by atoms with Crippen LogP contribution < -0.4 is 14.8 Å². The topological polar surface area (TPSA) is 30.5 Å². The molecule has 0 atom stereocenters. The van der Waals surface area contributed by atoms with Crippen LogP contribution in [0, 0.1) is 3.57 Å². The van der Waals surface area contributed by atoms with Crippen molar-refractivity contribution in [1.29, 1.82) is 0 Å². The number of hydrogen-bond donors (Lipinski definition) is 1. The Morgan fingerprint density at radius 2 is 1.70 bits per heavy atom. The summed E-state index contributed by atoms with van der Waals surface area (Å²) in [6, 6.07) is 27.0. The second kappa shape index (κ2) is 9.71. The van der Waals surface area contributed by atoms with Crippen LogP contribution in [0.1, 0.15) is 11.1 Å². The van der Waals surface area contributed by atoms with Crippen molar-refractivity contribution in [2.75, 3.05) is 12.4 Å². The van der Waals surface area contributed by atoms with Gasteiger partial charge in [-0.05, 0) is 80.9 Å². The van der Waals surface area contributed by atoms with E-state index in [1.165, 1.54) is 10.8 Å². The Morgan fingerprint density at radius 1 is 0.933 bits per heavy atom. The first-order chi connectivity index (χ1) is 14.6. The quantitative estimate of drug-likeness (QED) is 0.234. The van der Waals surface area contributed by atoms with E-state index in [0.717, 1.165) is 36.4 Å². The first-order valence-electron chi connectivity index (χ1n) is 9.59. The minimum absolute atomic E-state index is 0.490. The molecule has 3 nitrogen and oxygen atoms in total. The Labute approximate surface area is 198 Å². The zero-order chi connectivity index (χ0) is 20.9. The molecule has 0 saturated carbocycles. The maximum Gasteiger partial charge on any atom is 0.174 e. The normalized spacial score (nSPS) is 10.8. The average molecular weight is 574 g/mol. The molecule has 0 aliphatic rings. The number of halogens is 2. The molecule has 5 heteroatoms. The summed E-state index contributed by atoms with van der Waals surface area (Å²) in [7, 11) is 1.68. The summed E-state index contributed by atoms with van der Waals surface area (Å²) in [4.78, 5) is 0. The molecule has 0 spiro atoms. The summed E-state index contributed by atoms with van der Waals surface area (Å²) < 4.78 is 14.0. The second-order valence-electron chi connectivity index (χ2n) is 6.90. The van der Waals surface area contributed by atoms with Crippen molar-refractivity contribution < 1.29 is 9.47 Å². The molecule has 0 heterocycles. The second-order valence-corrected chi connectivity index (χ2v) is 8.97. The maximum atomic E-state index is 6.23. The summed E-state index contributed by atoms with van der Waals surface area (Å²) in [5.41, 5.74) is 3.37. The van der Waals surface area contributed by atoms with Crippen LogP contribution in [-0.2, 0) is 13.2 Å². The predicted octanol–water partition coefficient (Wildman–Crippen LogP) is 7.41. The van der Waals surface area contributed by atoms with Gasteiger partial charge in [-0.25, -0.2) is 0 Å². The van der Waals surface area contributed by atoms with E-state index in [1.54, 1.807) is 7.11 Å². The van der Waals surface area contributed by atoms with Gasteiger partial charge in [0.05, 0.1) is 10.7 Å². The van der Waals surface area contributed by atoms with Crippen LogP contribution in [-0.4, -0.2) is 7.11 Å². The number of anilines is 1. The highest BCUT2D eigenvalue weighted by Gasteiger charge is 2.13. The first-order valence-corrected chi connectivity index (χ1v) is 11.5. The number of benzene rings is 4. The number of fused-ring (bicyclic) bond motifs is 1. The van der Waals surface area contributed by atoms with Crippen LogP contribution >= 0.6 is 38.5 Å². The molecule has 0 saturated heterocycles. The molecule has 1 N–H and O–H groups in total. The van der Waals surface area contributed by atoms with Gasteiger partial charge in [0, 0.05) is 16.7 Å². The fraction of sp³-hybridized carbons (Fsp3) is 0.120. The molecule has 30 heavy (non-hydrogen) atoms. The lowest BCUT2D eigenvalue weighted by Gasteiger charge is -2.16. The minimum atomic E-state index is 0.490. The summed E-state index contributed by atoms with van der Waals surface area (Å²) in [6.07, 6.45) is 0. The Morgan fingerprint density at radius 3 is 2.50 bits per heavy atom. The van der Waals surface area contributed by atoms with Crippen molar-refractivity contribution in [3.63, 3.8) is 0 Å². The van der Waals surface area contributed by atoms with E-state index in [2.05, 4.69) is 92.4 Å². The van der Waals surface area contributed by atoms with E-state index >= 15 is 0 Å². The summed E-state index contributed by atoms with van der Waals surface area (Å²) in [6.45, 7) is 1.20. The third-order valence-corrected chi connectivity index (χ3v) is 6.21.